The van der Waals surface area contributed by atoms with Gasteiger partial charge in [-0.1, -0.05) is 38.2 Å². The van der Waals surface area contributed by atoms with Gasteiger partial charge in [0, 0.05) is 5.92 Å². The second kappa shape index (κ2) is 5.20. The maximum Gasteiger partial charge on any atom is 0.123 e. The normalized spacial score (nSPS) is 32.6. The summed E-state index contributed by atoms with van der Waals surface area (Å²) in [4.78, 5) is 0. The Hall–Kier alpha value is -1.24. The van der Waals surface area contributed by atoms with Gasteiger partial charge < -0.3 is 4.74 Å². The van der Waals surface area contributed by atoms with Gasteiger partial charge in [-0.25, -0.2) is 0 Å². The van der Waals surface area contributed by atoms with E-state index in [0.717, 1.165) is 12.2 Å². The van der Waals surface area contributed by atoms with Gasteiger partial charge >= 0.3 is 0 Å². The van der Waals surface area contributed by atoms with E-state index < -0.39 is 0 Å². The molecule has 0 N–H and O–H groups in total. The second-order valence-electron chi connectivity index (χ2n) is 4.59. The van der Waals surface area contributed by atoms with Crippen LogP contribution in [0.2, 0.25) is 0 Å². The lowest BCUT2D eigenvalue weighted by Crippen LogP contribution is -2.19. The Kier molecular flexibility index (Phi) is 3.66. The first kappa shape index (κ1) is 11.3. The maximum atomic E-state index is 6.01. The molecule has 0 aromatic carbocycles. The van der Waals surface area contributed by atoms with Crippen LogP contribution >= 0.6 is 0 Å². The van der Waals surface area contributed by atoms with Crippen molar-refractivity contribution in [2.45, 2.75) is 32.8 Å². The van der Waals surface area contributed by atoms with E-state index in [9.17, 15) is 0 Å². The first-order chi connectivity index (χ1) is 7.79. The van der Waals surface area contributed by atoms with Crippen molar-refractivity contribution < 1.29 is 4.74 Å². The predicted molar refractivity (Wildman–Crippen MR) is 67.9 cm³/mol. The summed E-state index contributed by atoms with van der Waals surface area (Å²) in [5, 5.41) is 0. The molecule has 0 spiro atoms. The molecule has 2 aliphatic carbocycles. The van der Waals surface area contributed by atoms with Gasteiger partial charge in [0.2, 0.25) is 0 Å². The number of rotatable bonds is 3. The largest absolute Gasteiger partial charge is 0.486 e. The molecular weight excluding hydrogens is 196 g/mol. The van der Waals surface area contributed by atoms with Crippen molar-refractivity contribution in [3.8, 4) is 0 Å². The highest BCUT2D eigenvalue weighted by molar-refractivity contribution is 5.21. The Bertz CT molecular complexity index is 346. The minimum absolute atomic E-state index is 0.191. The second-order valence-corrected chi connectivity index (χ2v) is 4.59. The van der Waals surface area contributed by atoms with Gasteiger partial charge in [0.25, 0.3) is 0 Å². The van der Waals surface area contributed by atoms with Crippen molar-refractivity contribution in [3.05, 3.63) is 48.3 Å². The molecule has 0 amide bonds. The predicted octanol–water partition coefficient (Wildman–Crippen LogP) is 4.00. The van der Waals surface area contributed by atoms with Crippen molar-refractivity contribution in [3.63, 3.8) is 0 Å². The van der Waals surface area contributed by atoms with Crippen molar-refractivity contribution in [2.24, 2.45) is 11.8 Å². The minimum atomic E-state index is 0.191. The van der Waals surface area contributed by atoms with Gasteiger partial charge in [0.15, 0.2) is 0 Å². The molecule has 0 saturated heterocycles. The lowest BCUT2D eigenvalue weighted by molar-refractivity contribution is 0.131. The Morgan fingerprint density at radius 3 is 2.88 bits per heavy atom. The third-order valence-electron chi connectivity index (χ3n) is 3.26. The van der Waals surface area contributed by atoms with E-state index in [0.29, 0.717) is 11.8 Å². The van der Waals surface area contributed by atoms with Crippen LogP contribution < -0.4 is 0 Å². The first-order valence-corrected chi connectivity index (χ1v) is 6.19. The molecule has 1 unspecified atom stereocenters. The molecule has 86 valence electrons. The van der Waals surface area contributed by atoms with Gasteiger partial charge in [-0.2, -0.15) is 0 Å². The quantitative estimate of drug-likeness (QED) is 0.692. The minimum Gasteiger partial charge on any atom is -0.486 e. The van der Waals surface area contributed by atoms with Crippen molar-refractivity contribution in [1.29, 1.82) is 0 Å². The van der Waals surface area contributed by atoms with E-state index in [1.165, 1.54) is 6.42 Å². The van der Waals surface area contributed by atoms with E-state index in [1.807, 2.05) is 0 Å². The number of hydrogen-bond acceptors (Lipinski definition) is 1. The van der Waals surface area contributed by atoms with Crippen molar-refractivity contribution in [2.75, 3.05) is 0 Å². The highest BCUT2D eigenvalue weighted by atomic mass is 16.5. The molecule has 16 heavy (non-hydrogen) atoms. The Balaban J connectivity index is 1.99. The van der Waals surface area contributed by atoms with Gasteiger partial charge in [-0.05, 0) is 37.0 Å². The monoisotopic (exact) mass is 216 g/mol. The highest BCUT2D eigenvalue weighted by Crippen LogP contribution is 2.24. The summed E-state index contributed by atoms with van der Waals surface area (Å²) >= 11 is 0. The summed E-state index contributed by atoms with van der Waals surface area (Å²) in [7, 11) is 0. The van der Waals surface area contributed by atoms with Gasteiger partial charge in [-0.3, -0.25) is 0 Å². The zero-order valence-electron chi connectivity index (χ0n) is 10.1. The number of allylic oxidation sites excluding steroid dienone is 5. The summed E-state index contributed by atoms with van der Waals surface area (Å²) in [5.41, 5.74) is 0. The zero-order chi connectivity index (χ0) is 11.4. The molecule has 0 aliphatic heterocycles. The molecule has 0 aromatic heterocycles. The van der Waals surface area contributed by atoms with Gasteiger partial charge in [0.1, 0.15) is 11.9 Å². The summed E-state index contributed by atoms with van der Waals surface area (Å²) in [6.07, 6.45) is 17.6. The SMILES string of the molecule is CC[C@@H]1C=C(O[C@H]2C=CC=CC2C)C=CC1. The van der Waals surface area contributed by atoms with Crippen molar-refractivity contribution in [1.82, 2.24) is 0 Å². The molecule has 0 saturated carbocycles. The summed E-state index contributed by atoms with van der Waals surface area (Å²) in [6.45, 7) is 4.42. The molecule has 0 heterocycles. The molecular formula is C15H20O. The first-order valence-electron chi connectivity index (χ1n) is 6.19. The average Bonchev–Trinajstić information content (AvgIpc) is 2.32. The molecule has 0 fully saturated rings. The average molecular weight is 216 g/mol. The maximum absolute atomic E-state index is 6.01. The Morgan fingerprint density at radius 2 is 2.12 bits per heavy atom. The molecule has 1 heteroatoms. The lowest BCUT2D eigenvalue weighted by Gasteiger charge is -2.24. The standard InChI is InChI=1S/C15H20O/c1-3-13-8-6-9-14(11-13)16-15-10-5-4-7-12(15)2/h4-7,9-13,15H,3,8H2,1-2H3/t12?,13-,15-/m0/s1. The van der Waals surface area contributed by atoms with Crippen LogP contribution in [0.25, 0.3) is 0 Å². The van der Waals surface area contributed by atoms with Crippen LogP contribution in [0, 0.1) is 11.8 Å². The molecule has 1 nitrogen and oxygen atoms in total. The van der Waals surface area contributed by atoms with Crippen LogP contribution in [0.5, 0.6) is 0 Å². The fourth-order valence-electron chi connectivity index (χ4n) is 2.08. The molecule has 3 atom stereocenters. The number of hydrogen-bond donors (Lipinski definition) is 0. The van der Waals surface area contributed by atoms with Crippen LogP contribution in [0.1, 0.15) is 26.7 Å². The van der Waals surface area contributed by atoms with E-state index in [4.69, 9.17) is 4.74 Å². The van der Waals surface area contributed by atoms with E-state index >= 15 is 0 Å². The van der Waals surface area contributed by atoms with E-state index in [2.05, 4.69) is 56.4 Å². The van der Waals surface area contributed by atoms with Gasteiger partial charge in [0.05, 0.1) is 0 Å². The summed E-state index contributed by atoms with van der Waals surface area (Å²) < 4.78 is 6.01. The van der Waals surface area contributed by atoms with Crippen LogP contribution in [0.15, 0.2) is 48.3 Å². The molecule has 0 aromatic rings. The fourth-order valence-corrected chi connectivity index (χ4v) is 2.08. The smallest absolute Gasteiger partial charge is 0.123 e. The topological polar surface area (TPSA) is 9.23 Å². The highest BCUT2D eigenvalue weighted by Gasteiger charge is 2.17. The van der Waals surface area contributed by atoms with E-state index in [1.54, 1.807) is 0 Å². The Labute approximate surface area is 98.2 Å². The molecule has 0 radical (unpaired) electrons. The van der Waals surface area contributed by atoms with Crippen LogP contribution in [-0.2, 0) is 4.74 Å². The van der Waals surface area contributed by atoms with E-state index in [-0.39, 0.29) is 6.10 Å². The van der Waals surface area contributed by atoms with Gasteiger partial charge in [-0.15, -0.1) is 0 Å². The molecule has 2 aliphatic rings. The molecule has 0 bridgehead atoms. The summed E-state index contributed by atoms with van der Waals surface area (Å²) in [6, 6.07) is 0. The van der Waals surface area contributed by atoms with Crippen LogP contribution in [0.3, 0.4) is 0 Å². The van der Waals surface area contributed by atoms with Crippen LogP contribution in [0.4, 0.5) is 0 Å². The zero-order valence-corrected chi connectivity index (χ0v) is 10.1. The van der Waals surface area contributed by atoms with Crippen LogP contribution in [-0.4, -0.2) is 6.10 Å². The fraction of sp³-hybridized carbons (Fsp3) is 0.467. The third kappa shape index (κ3) is 2.66. The van der Waals surface area contributed by atoms with Crippen molar-refractivity contribution >= 4 is 0 Å². The molecule has 2 rings (SSSR count). The summed E-state index contributed by atoms with van der Waals surface area (Å²) in [5.74, 6) is 2.15. The number of ether oxygens (including phenoxy) is 1. The lowest BCUT2D eigenvalue weighted by atomic mass is 9.96. The third-order valence-corrected chi connectivity index (χ3v) is 3.26. The Morgan fingerprint density at radius 1 is 1.31 bits per heavy atom.